The molecule has 0 spiro atoms. The third-order valence-electron chi connectivity index (χ3n) is 5.37. The maximum Gasteiger partial charge on any atom is 0.225 e. The average molecular weight is 442 g/mol. The van der Waals surface area contributed by atoms with E-state index in [1.807, 2.05) is 55.2 Å². The Labute approximate surface area is 173 Å². The lowest BCUT2D eigenvalue weighted by atomic mass is 9.97. The molecular formula is C21H24BrN5O. The Hall–Kier alpha value is -2.41. The van der Waals surface area contributed by atoms with Crippen LogP contribution in [0.25, 0.3) is 10.9 Å². The molecule has 28 heavy (non-hydrogen) atoms. The highest BCUT2D eigenvalue weighted by Gasteiger charge is 2.28. The minimum absolute atomic E-state index is 0.0349. The first-order chi connectivity index (χ1) is 13.5. The molecule has 1 saturated heterocycles. The van der Waals surface area contributed by atoms with Crippen molar-refractivity contribution in [2.75, 3.05) is 18.0 Å². The molecule has 1 amide bonds. The van der Waals surface area contributed by atoms with E-state index in [2.05, 4.69) is 36.2 Å². The third-order valence-corrected chi connectivity index (χ3v) is 5.86. The van der Waals surface area contributed by atoms with Crippen molar-refractivity contribution >= 4 is 38.6 Å². The number of pyridine rings is 1. The number of hydrogen-bond donors (Lipinski definition) is 1. The number of anilines is 1. The molecule has 4 rings (SSSR count). The Morgan fingerprint density at radius 2 is 2.21 bits per heavy atom. The van der Waals surface area contributed by atoms with Crippen molar-refractivity contribution < 1.29 is 4.79 Å². The second kappa shape index (κ2) is 7.91. The molecule has 2 aromatic heterocycles. The summed E-state index contributed by atoms with van der Waals surface area (Å²) in [5.74, 6) is 0.996. The van der Waals surface area contributed by atoms with Crippen LogP contribution in [0.5, 0.6) is 0 Å². The lowest BCUT2D eigenvalue weighted by molar-refractivity contribution is -0.125. The lowest BCUT2D eigenvalue weighted by Gasteiger charge is -2.33. The number of aryl methyl sites for hydroxylation is 2. The number of nitrogens with one attached hydrogen (secondary N) is 1. The number of amides is 1. The zero-order valence-electron chi connectivity index (χ0n) is 16.2. The minimum Gasteiger partial charge on any atom is -0.354 e. The lowest BCUT2D eigenvalue weighted by Crippen LogP contribution is -2.43. The van der Waals surface area contributed by atoms with Crippen LogP contribution < -0.4 is 10.2 Å². The van der Waals surface area contributed by atoms with E-state index in [1.54, 1.807) is 0 Å². The van der Waals surface area contributed by atoms with Crippen molar-refractivity contribution in [3.8, 4) is 0 Å². The molecular weight excluding hydrogens is 418 g/mol. The fourth-order valence-electron chi connectivity index (χ4n) is 3.98. The molecule has 7 heteroatoms. The fourth-order valence-corrected chi connectivity index (χ4v) is 4.42. The van der Waals surface area contributed by atoms with Gasteiger partial charge < -0.3 is 10.2 Å². The number of nitrogens with zero attached hydrogens (tertiary/aromatic N) is 4. The summed E-state index contributed by atoms with van der Waals surface area (Å²) in [5, 5.41) is 8.75. The van der Waals surface area contributed by atoms with E-state index >= 15 is 0 Å². The molecule has 1 aromatic carbocycles. The van der Waals surface area contributed by atoms with Gasteiger partial charge >= 0.3 is 0 Å². The van der Waals surface area contributed by atoms with Crippen LogP contribution in [0, 0.1) is 12.8 Å². The van der Waals surface area contributed by atoms with Gasteiger partial charge in [-0.3, -0.25) is 9.48 Å². The van der Waals surface area contributed by atoms with Crippen LogP contribution in [0.2, 0.25) is 0 Å². The number of rotatable bonds is 4. The Morgan fingerprint density at radius 1 is 1.36 bits per heavy atom. The molecule has 1 N–H and O–H groups in total. The third kappa shape index (κ3) is 3.76. The Morgan fingerprint density at radius 3 is 3.04 bits per heavy atom. The number of halogens is 1. The monoisotopic (exact) mass is 441 g/mol. The molecule has 0 radical (unpaired) electrons. The topological polar surface area (TPSA) is 63.1 Å². The van der Waals surface area contributed by atoms with Crippen molar-refractivity contribution in [2.24, 2.45) is 13.0 Å². The zero-order valence-corrected chi connectivity index (χ0v) is 17.7. The average Bonchev–Trinajstić information content (AvgIpc) is 3.00. The summed E-state index contributed by atoms with van der Waals surface area (Å²) in [6.07, 6.45) is 3.72. The fraction of sp³-hybridized carbons (Fsp3) is 0.381. The van der Waals surface area contributed by atoms with Crippen LogP contribution in [-0.2, 0) is 18.4 Å². The predicted octanol–water partition coefficient (Wildman–Crippen LogP) is 3.57. The van der Waals surface area contributed by atoms with Crippen LogP contribution in [0.3, 0.4) is 0 Å². The van der Waals surface area contributed by atoms with Gasteiger partial charge in [-0.2, -0.15) is 5.10 Å². The molecule has 1 atom stereocenters. The number of benzene rings is 1. The standard InChI is InChI=1S/C21H24BrN5O/c1-14-18-8-9-23-20(19(18)26(2)25-14)27-10-4-6-16(13-27)21(28)24-12-15-5-3-7-17(22)11-15/h3,5,7-9,11,16H,4,6,10,12-13H2,1-2H3,(H,24,28)/t16-/m0/s1. The largest absolute Gasteiger partial charge is 0.354 e. The second-order valence-corrected chi connectivity index (χ2v) is 8.29. The van der Waals surface area contributed by atoms with Gasteiger partial charge in [0.1, 0.15) is 5.52 Å². The quantitative estimate of drug-likeness (QED) is 0.671. The molecule has 146 valence electrons. The molecule has 0 aliphatic carbocycles. The normalized spacial score (nSPS) is 17.1. The first-order valence-electron chi connectivity index (χ1n) is 9.58. The molecule has 6 nitrogen and oxygen atoms in total. The summed E-state index contributed by atoms with van der Waals surface area (Å²) >= 11 is 3.47. The Kier molecular flexibility index (Phi) is 5.35. The van der Waals surface area contributed by atoms with Crippen LogP contribution >= 0.6 is 15.9 Å². The van der Waals surface area contributed by atoms with Gasteiger partial charge in [-0.25, -0.2) is 4.98 Å². The van der Waals surface area contributed by atoms with Crippen molar-refractivity contribution in [2.45, 2.75) is 26.3 Å². The van der Waals surface area contributed by atoms with Crippen molar-refractivity contribution in [1.82, 2.24) is 20.1 Å². The number of piperidine rings is 1. The van der Waals surface area contributed by atoms with Crippen LogP contribution in [0.1, 0.15) is 24.1 Å². The first kappa shape index (κ1) is 18.9. The first-order valence-corrected chi connectivity index (χ1v) is 10.4. The molecule has 1 fully saturated rings. The van der Waals surface area contributed by atoms with Crippen molar-refractivity contribution in [1.29, 1.82) is 0 Å². The highest BCUT2D eigenvalue weighted by molar-refractivity contribution is 9.10. The van der Waals surface area contributed by atoms with Crippen molar-refractivity contribution in [3.05, 3.63) is 52.3 Å². The number of carbonyl (C=O) groups is 1. The molecule has 1 aliphatic rings. The van der Waals surface area contributed by atoms with Gasteiger partial charge in [0.2, 0.25) is 5.91 Å². The van der Waals surface area contributed by atoms with Gasteiger partial charge in [-0.1, -0.05) is 28.1 Å². The van der Waals surface area contributed by atoms with Crippen LogP contribution in [-0.4, -0.2) is 33.8 Å². The van der Waals surface area contributed by atoms with Crippen LogP contribution in [0.4, 0.5) is 5.82 Å². The maximum absolute atomic E-state index is 12.8. The van der Waals surface area contributed by atoms with Gasteiger partial charge in [-0.05, 0) is 43.5 Å². The molecule has 3 heterocycles. The highest BCUT2D eigenvalue weighted by Crippen LogP contribution is 2.29. The van der Waals surface area contributed by atoms with Crippen molar-refractivity contribution in [3.63, 3.8) is 0 Å². The number of aromatic nitrogens is 3. The highest BCUT2D eigenvalue weighted by atomic mass is 79.9. The van der Waals surface area contributed by atoms with Gasteiger partial charge in [0, 0.05) is 42.7 Å². The number of hydrogen-bond acceptors (Lipinski definition) is 4. The van der Waals surface area contributed by atoms with E-state index in [4.69, 9.17) is 0 Å². The summed E-state index contributed by atoms with van der Waals surface area (Å²) < 4.78 is 2.91. The second-order valence-electron chi connectivity index (χ2n) is 7.37. The smallest absolute Gasteiger partial charge is 0.225 e. The Bertz CT molecular complexity index is 1020. The van der Waals surface area contributed by atoms with E-state index in [0.717, 1.165) is 51.8 Å². The summed E-state index contributed by atoms with van der Waals surface area (Å²) in [4.78, 5) is 19.6. The predicted molar refractivity (Wildman–Crippen MR) is 114 cm³/mol. The minimum atomic E-state index is -0.0349. The summed E-state index contributed by atoms with van der Waals surface area (Å²) in [5.41, 5.74) is 3.13. The van der Waals surface area contributed by atoms with E-state index < -0.39 is 0 Å². The van der Waals surface area contributed by atoms with E-state index in [9.17, 15) is 4.79 Å². The van der Waals surface area contributed by atoms with Gasteiger partial charge in [-0.15, -0.1) is 0 Å². The summed E-state index contributed by atoms with van der Waals surface area (Å²) in [6.45, 7) is 4.15. The Balaban J connectivity index is 1.48. The summed E-state index contributed by atoms with van der Waals surface area (Å²) in [7, 11) is 1.95. The van der Waals surface area contributed by atoms with E-state index in [1.165, 1.54) is 0 Å². The maximum atomic E-state index is 12.8. The van der Waals surface area contributed by atoms with E-state index in [0.29, 0.717) is 13.1 Å². The molecule has 3 aromatic rings. The molecule has 0 bridgehead atoms. The SMILES string of the molecule is Cc1nn(C)c2c(N3CCC[C@H](C(=O)NCc4cccc(Br)c4)C3)nccc12. The molecule has 0 saturated carbocycles. The van der Waals surface area contributed by atoms with Gasteiger partial charge in [0.25, 0.3) is 0 Å². The van der Waals surface area contributed by atoms with Crippen LogP contribution in [0.15, 0.2) is 41.0 Å². The van der Waals surface area contributed by atoms with Gasteiger partial charge in [0.05, 0.1) is 11.6 Å². The summed E-state index contributed by atoms with van der Waals surface area (Å²) in [6, 6.07) is 10.0. The molecule has 1 aliphatic heterocycles. The number of fused-ring (bicyclic) bond motifs is 1. The van der Waals surface area contributed by atoms with E-state index in [-0.39, 0.29) is 11.8 Å². The molecule has 0 unspecified atom stereocenters. The number of carbonyl (C=O) groups excluding carboxylic acids is 1. The van der Waals surface area contributed by atoms with Gasteiger partial charge in [0.15, 0.2) is 5.82 Å². The zero-order chi connectivity index (χ0) is 19.7.